The van der Waals surface area contributed by atoms with Crippen molar-refractivity contribution in [2.24, 2.45) is 0 Å². The first kappa shape index (κ1) is 11.2. The van der Waals surface area contributed by atoms with E-state index in [1.165, 1.54) is 0 Å². The van der Waals surface area contributed by atoms with Gasteiger partial charge in [-0.3, -0.25) is 0 Å². The Kier molecular flexibility index (Phi) is 2.96. The highest BCUT2D eigenvalue weighted by Gasteiger charge is 2.21. The van der Waals surface area contributed by atoms with Crippen LogP contribution >= 0.6 is 0 Å². The van der Waals surface area contributed by atoms with Crippen molar-refractivity contribution in [2.45, 2.75) is 25.8 Å². The van der Waals surface area contributed by atoms with Crippen molar-refractivity contribution >= 4 is 5.82 Å². The van der Waals surface area contributed by atoms with Crippen molar-refractivity contribution in [2.75, 3.05) is 18.0 Å². The van der Waals surface area contributed by atoms with Gasteiger partial charge in [0.15, 0.2) is 0 Å². The molecule has 5 heteroatoms. The molecule has 1 fully saturated rings. The van der Waals surface area contributed by atoms with Crippen LogP contribution < -0.4 is 4.90 Å². The summed E-state index contributed by atoms with van der Waals surface area (Å²) < 4.78 is 1.97. The number of rotatable bonds is 2. The summed E-state index contributed by atoms with van der Waals surface area (Å²) in [4.78, 5) is 10.9. The van der Waals surface area contributed by atoms with E-state index >= 15 is 0 Å². The summed E-state index contributed by atoms with van der Waals surface area (Å²) in [5.74, 6) is 1.09. The third kappa shape index (κ3) is 2.20. The standard InChI is InChI=1S/C13H17N5/c1-11-3-2-4-13(16-11)17-7-5-12(6-8-17)18-10-14-9-15-18/h2-4,9-10,12H,5-8H2,1H3. The zero-order valence-electron chi connectivity index (χ0n) is 10.5. The molecule has 3 rings (SSSR count). The third-order valence-electron chi connectivity index (χ3n) is 3.47. The summed E-state index contributed by atoms with van der Waals surface area (Å²) in [7, 11) is 0. The van der Waals surface area contributed by atoms with Crippen LogP contribution in [0.2, 0.25) is 0 Å². The second-order valence-electron chi connectivity index (χ2n) is 4.73. The van der Waals surface area contributed by atoms with Gasteiger partial charge in [0, 0.05) is 18.8 Å². The highest BCUT2D eigenvalue weighted by Crippen LogP contribution is 2.24. The Morgan fingerprint density at radius 2 is 2.06 bits per heavy atom. The van der Waals surface area contributed by atoms with Crippen molar-refractivity contribution in [3.05, 3.63) is 36.5 Å². The molecule has 0 atom stereocenters. The van der Waals surface area contributed by atoms with E-state index in [0.717, 1.165) is 37.4 Å². The van der Waals surface area contributed by atoms with Gasteiger partial charge in [-0.2, -0.15) is 5.10 Å². The van der Waals surface area contributed by atoms with Crippen LogP contribution in [0.3, 0.4) is 0 Å². The van der Waals surface area contributed by atoms with Gasteiger partial charge >= 0.3 is 0 Å². The maximum Gasteiger partial charge on any atom is 0.137 e. The lowest BCUT2D eigenvalue weighted by atomic mass is 10.1. The molecule has 1 aliphatic heterocycles. The van der Waals surface area contributed by atoms with E-state index in [1.54, 1.807) is 6.33 Å². The molecule has 0 amide bonds. The summed E-state index contributed by atoms with van der Waals surface area (Å²) in [5, 5.41) is 4.22. The number of hydrogen-bond acceptors (Lipinski definition) is 4. The molecule has 94 valence electrons. The lowest BCUT2D eigenvalue weighted by Crippen LogP contribution is -2.35. The molecule has 0 aliphatic carbocycles. The predicted octanol–water partition coefficient (Wildman–Crippen LogP) is 1.82. The quantitative estimate of drug-likeness (QED) is 0.807. The van der Waals surface area contributed by atoms with Crippen LogP contribution in [0.5, 0.6) is 0 Å². The van der Waals surface area contributed by atoms with Gasteiger partial charge in [-0.25, -0.2) is 14.6 Å². The van der Waals surface area contributed by atoms with Crippen molar-refractivity contribution in [3.63, 3.8) is 0 Å². The maximum absolute atomic E-state index is 4.58. The molecule has 1 aliphatic rings. The summed E-state index contributed by atoms with van der Waals surface area (Å²) in [5.41, 5.74) is 1.07. The summed E-state index contributed by atoms with van der Waals surface area (Å²) in [6.45, 7) is 4.09. The molecule has 1 saturated heterocycles. The SMILES string of the molecule is Cc1cccc(N2CCC(n3cncn3)CC2)n1. The Hall–Kier alpha value is -1.91. The Morgan fingerprint density at radius 3 is 2.72 bits per heavy atom. The monoisotopic (exact) mass is 243 g/mol. The average Bonchev–Trinajstić information content (AvgIpc) is 2.93. The van der Waals surface area contributed by atoms with Crippen LogP contribution in [0, 0.1) is 6.92 Å². The molecule has 0 spiro atoms. The minimum absolute atomic E-state index is 0.480. The number of aromatic nitrogens is 4. The second-order valence-corrected chi connectivity index (χ2v) is 4.73. The van der Waals surface area contributed by atoms with Gasteiger partial charge in [0.05, 0.1) is 6.04 Å². The maximum atomic E-state index is 4.58. The molecular weight excluding hydrogens is 226 g/mol. The topological polar surface area (TPSA) is 46.8 Å². The minimum atomic E-state index is 0.480. The van der Waals surface area contributed by atoms with Gasteiger partial charge in [0.1, 0.15) is 18.5 Å². The average molecular weight is 243 g/mol. The molecule has 0 aromatic carbocycles. The smallest absolute Gasteiger partial charge is 0.137 e. The van der Waals surface area contributed by atoms with Crippen LogP contribution in [-0.2, 0) is 0 Å². The molecule has 0 radical (unpaired) electrons. The molecule has 5 nitrogen and oxygen atoms in total. The van der Waals surface area contributed by atoms with Gasteiger partial charge < -0.3 is 4.90 Å². The van der Waals surface area contributed by atoms with Crippen molar-refractivity contribution in [1.82, 2.24) is 19.7 Å². The molecular formula is C13H17N5. The fourth-order valence-electron chi connectivity index (χ4n) is 2.47. The summed E-state index contributed by atoms with van der Waals surface area (Å²) >= 11 is 0. The van der Waals surface area contributed by atoms with Crippen LogP contribution in [0.4, 0.5) is 5.82 Å². The Bertz CT molecular complexity index is 500. The lowest BCUT2D eigenvalue weighted by molar-refractivity contribution is 0.365. The number of pyridine rings is 1. The first-order valence-electron chi connectivity index (χ1n) is 6.35. The van der Waals surface area contributed by atoms with E-state index in [9.17, 15) is 0 Å². The van der Waals surface area contributed by atoms with Gasteiger partial charge in [-0.05, 0) is 31.9 Å². The molecule has 2 aromatic heterocycles. The molecule has 0 saturated carbocycles. The van der Waals surface area contributed by atoms with E-state index in [0.29, 0.717) is 6.04 Å². The van der Waals surface area contributed by atoms with Crippen LogP contribution in [0.15, 0.2) is 30.9 Å². The van der Waals surface area contributed by atoms with Crippen LogP contribution in [0.25, 0.3) is 0 Å². The predicted molar refractivity (Wildman–Crippen MR) is 69.5 cm³/mol. The minimum Gasteiger partial charge on any atom is -0.356 e. The number of nitrogens with zero attached hydrogens (tertiary/aromatic N) is 5. The molecule has 2 aromatic rings. The fraction of sp³-hybridized carbons (Fsp3) is 0.462. The van der Waals surface area contributed by atoms with E-state index in [-0.39, 0.29) is 0 Å². The van der Waals surface area contributed by atoms with Gasteiger partial charge in [0.25, 0.3) is 0 Å². The Balaban J connectivity index is 1.67. The second kappa shape index (κ2) is 4.76. The molecule has 0 N–H and O–H groups in total. The van der Waals surface area contributed by atoms with Crippen molar-refractivity contribution in [3.8, 4) is 0 Å². The van der Waals surface area contributed by atoms with Crippen LogP contribution in [-0.4, -0.2) is 32.8 Å². The number of piperidine rings is 1. The first-order valence-corrected chi connectivity index (χ1v) is 6.35. The van der Waals surface area contributed by atoms with Crippen molar-refractivity contribution in [1.29, 1.82) is 0 Å². The first-order chi connectivity index (χ1) is 8.83. The number of hydrogen-bond donors (Lipinski definition) is 0. The van der Waals surface area contributed by atoms with Gasteiger partial charge in [-0.1, -0.05) is 6.07 Å². The number of aryl methyl sites for hydroxylation is 1. The largest absolute Gasteiger partial charge is 0.356 e. The highest BCUT2D eigenvalue weighted by atomic mass is 15.3. The third-order valence-corrected chi connectivity index (χ3v) is 3.47. The zero-order chi connectivity index (χ0) is 12.4. The van der Waals surface area contributed by atoms with Crippen LogP contribution in [0.1, 0.15) is 24.6 Å². The van der Waals surface area contributed by atoms with E-state index in [1.807, 2.05) is 24.0 Å². The normalized spacial score (nSPS) is 17.1. The summed E-state index contributed by atoms with van der Waals surface area (Å²) in [6.07, 6.45) is 5.61. The molecule has 0 unspecified atom stereocenters. The highest BCUT2D eigenvalue weighted by molar-refractivity contribution is 5.39. The Morgan fingerprint density at radius 1 is 1.22 bits per heavy atom. The molecule has 3 heterocycles. The fourth-order valence-corrected chi connectivity index (χ4v) is 2.47. The van der Waals surface area contributed by atoms with E-state index in [2.05, 4.69) is 32.1 Å². The van der Waals surface area contributed by atoms with E-state index < -0.39 is 0 Å². The lowest BCUT2D eigenvalue weighted by Gasteiger charge is -2.32. The Labute approximate surface area is 106 Å². The number of anilines is 1. The van der Waals surface area contributed by atoms with Gasteiger partial charge in [0.2, 0.25) is 0 Å². The van der Waals surface area contributed by atoms with Gasteiger partial charge in [-0.15, -0.1) is 0 Å². The van der Waals surface area contributed by atoms with E-state index in [4.69, 9.17) is 0 Å². The summed E-state index contributed by atoms with van der Waals surface area (Å²) in [6, 6.07) is 6.67. The van der Waals surface area contributed by atoms with Crippen molar-refractivity contribution < 1.29 is 0 Å². The zero-order valence-corrected chi connectivity index (χ0v) is 10.5. The molecule has 18 heavy (non-hydrogen) atoms. The molecule has 0 bridgehead atoms.